The second-order valence-corrected chi connectivity index (χ2v) is 8.85. The van der Waals surface area contributed by atoms with Gasteiger partial charge in [0.2, 0.25) is 5.91 Å². The number of hydrogen-bond acceptors (Lipinski definition) is 7. The van der Waals surface area contributed by atoms with Gasteiger partial charge in [-0.15, -0.1) is 0 Å². The smallest absolute Gasteiger partial charge is 0.329 e. The Balaban J connectivity index is 1.71. The van der Waals surface area contributed by atoms with Crippen molar-refractivity contribution in [2.24, 2.45) is 5.41 Å². The predicted molar refractivity (Wildman–Crippen MR) is 127 cm³/mol. The molecule has 0 aliphatic carbocycles. The molecule has 0 bridgehead atoms. The molecule has 2 aromatic rings. The van der Waals surface area contributed by atoms with Crippen LogP contribution < -0.4 is 15.4 Å². The van der Waals surface area contributed by atoms with Crippen LogP contribution in [0.25, 0.3) is 5.57 Å². The Morgan fingerprint density at radius 3 is 2.67 bits per heavy atom. The number of likely N-dealkylation sites (tertiary alicyclic amines) is 1. The zero-order valence-corrected chi connectivity index (χ0v) is 19.6. The number of pyridine rings is 2. The number of ether oxygens (including phenoxy) is 1. The van der Waals surface area contributed by atoms with Gasteiger partial charge in [0.15, 0.2) is 0 Å². The third-order valence-corrected chi connectivity index (χ3v) is 5.28. The molecule has 0 saturated carbocycles. The zero-order valence-electron chi connectivity index (χ0n) is 19.6. The molecule has 1 fully saturated rings. The molecule has 33 heavy (non-hydrogen) atoms. The van der Waals surface area contributed by atoms with E-state index in [1.54, 1.807) is 43.6 Å². The van der Waals surface area contributed by atoms with Crippen LogP contribution in [-0.4, -0.2) is 45.6 Å². The first-order valence-corrected chi connectivity index (χ1v) is 10.8. The first-order valence-electron chi connectivity index (χ1n) is 10.8. The third-order valence-electron chi connectivity index (χ3n) is 5.28. The minimum atomic E-state index is -0.528. The lowest BCUT2D eigenvalue weighted by molar-refractivity contribution is -0.131. The summed E-state index contributed by atoms with van der Waals surface area (Å²) in [6.07, 6.45) is 5.23. The van der Waals surface area contributed by atoms with Crippen LogP contribution in [-0.2, 0) is 4.79 Å². The molecule has 3 heterocycles. The van der Waals surface area contributed by atoms with Crippen molar-refractivity contribution >= 4 is 29.5 Å². The average molecular weight is 451 g/mol. The van der Waals surface area contributed by atoms with E-state index in [0.29, 0.717) is 47.2 Å². The maximum absolute atomic E-state index is 12.5. The molecule has 3 amide bonds. The fraction of sp³-hybridized carbons (Fsp3) is 0.375. The Labute approximate surface area is 193 Å². The first-order chi connectivity index (χ1) is 15.6. The van der Waals surface area contributed by atoms with Crippen LogP contribution in [0.4, 0.5) is 10.6 Å². The summed E-state index contributed by atoms with van der Waals surface area (Å²) >= 11 is 0. The largest absolute Gasteiger partial charge is 0.455 e. The van der Waals surface area contributed by atoms with Crippen molar-refractivity contribution in [3.8, 4) is 11.5 Å². The van der Waals surface area contributed by atoms with E-state index >= 15 is 0 Å². The van der Waals surface area contributed by atoms with Crippen LogP contribution in [0.5, 0.6) is 11.5 Å². The summed E-state index contributed by atoms with van der Waals surface area (Å²) in [6.45, 7) is 9.85. The van der Waals surface area contributed by atoms with Crippen molar-refractivity contribution in [3.63, 3.8) is 0 Å². The molecule has 1 aliphatic heterocycles. The normalized spacial score (nSPS) is 15.5. The molecule has 0 unspecified atom stereocenters. The molecular formula is C24H30N6O3. The standard InChI is InChI=1S/C24H30N6O3/c1-15(2)27-14-17(13-25)19-12-18(8-10-26-19)33-20-6-7-21(28-16(20)3)29-23(32)30-11-9-24(4,5)22(30)31/h6-8,10,12-15,25,27H,9,11H2,1-5H3,(H,28,29,32)/b17-14+,25-13?. The van der Waals surface area contributed by atoms with Crippen LogP contribution >= 0.6 is 0 Å². The molecule has 9 heteroatoms. The van der Waals surface area contributed by atoms with Gasteiger partial charge in [-0.3, -0.25) is 20.0 Å². The van der Waals surface area contributed by atoms with Gasteiger partial charge in [0.05, 0.1) is 11.4 Å². The van der Waals surface area contributed by atoms with E-state index in [0.717, 1.165) is 0 Å². The molecule has 9 nitrogen and oxygen atoms in total. The van der Waals surface area contributed by atoms with Crippen molar-refractivity contribution in [1.82, 2.24) is 20.2 Å². The number of amides is 3. The Hall–Kier alpha value is -3.75. The third kappa shape index (κ3) is 5.74. The van der Waals surface area contributed by atoms with Gasteiger partial charge in [-0.25, -0.2) is 9.78 Å². The average Bonchev–Trinajstić information content (AvgIpc) is 3.03. The summed E-state index contributed by atoms with van der Waals surface area (Å²) in [5.74, 6) is 1.21. The molecule has 0 aromatic carbocycles. The van der Waals surface area contributed by atoms with Crippen molar-refractivity contribution in [2.75, 3.05) is 11.9 Å². The second-order valence-electron chi connectivity index (χ2n) is 8.85. The van der Waals surface area contributed by atoms with E-state index in [-0.39, 0.29) is 11.9 Å². The minimum absolute atomic E-state index is 0.188. The van der Waals surface area contributed by atoms with Crippen LogP contribution in [0.3, 0.4) is 0 Å². The number of aromatic nitrogens is 2. The number of carbonyl (C=O) groups excluding carboxylic acids is 2. The monoisotopic (exact) mass is 450 g/mol. The number of rotatable bonds is 7. The number of aryl methyl sites for hydroxylation is 1. The maximum Gasteiger partial charge on any atom is 0.329 e. The molecule has 2 aromatic heterocycles. The molecule has 174 valence electrons. The molecule has 3 rings (SSSR count). The first kappa shape index (κ1) is 23.9. The van der Waals surface area contributed by atoms with Gasteiger partial charge < -0.3 is 15.5 Å². The lowest BCUT2D eigenvalue weighted by Gasteiger charge is -2.18. The number of nitrogens with zero attached hydrogens (tertiary/aromatic N) is 3. The van der Waals surface area contributed by atoms with Gasteiger partial charge in [0.1, 0.15) is 17.3 Å². The molecule has 0 radical (unpaired) electrons. The molecule has 1 aliphatic rings. The van der Waals surface area contributed by atoms with Gasteiger partial charge >= 0.3 is 6.03 Å². The van der Waals surface area contributed by atoms with E-state index < -0.39 is 11.4 Å². The van der Waals surface area contributed by atoms with Crippen molar-refractivity contribution in [2.45, 2.75) is 47.1 Å². The molecule has 3 N–H and O–H groups in total. The molecule has 0 spiro atoms. The van der Waals surface area contributed by atoms with Gasteiger partial charge in [-0.2, -0.15) is 0 Å². The quantitative estimate of drug-likeness (QED) is 0.539. The van der Waals surface area contributed by atoms with Crippen LogP contribution in [0.15, 0.2) is 36.7 Å². The maximum atomic E-state index is 12.5. The summed E-state index contributed by atoms with van der Waals surface area (Å²) in [7, 11) is 0. The molecular weight excluding hydrogens is 420 g/mol. The van der Waals surface area contributed by atoms with Crippen LogP contribution in [0.1, 0.15) is 45.5 Å². The number of allylic oxidation sites excluding steroid dienone is 1. The lowest BCUT2D eigenvalue weighted by atomic mass is 9.92. The minimum Gasteiger partial charge on any atom is -0.455 e. The fourth-order valence-electron chi connectivity index (χ4n) is 3.27. The Morgan fingerprint density at radius 1 is 1.30 bits per heavy atom. The topological polar surface area (TPSA) is 120 Å². The Bertz CT molecular complexity index is 1090. The summed E-state index contributed by atoms with van der Waals surface area (Å²) in [6, 6.07) is 6.56. The SMILES string of the molecule is Cc1nc(NC(=O)N2CCC(C)(C)C2=O)ccc1Oc1ccnc(/C(C=N)=C/NC(C)C)c1. The van der Waals surface area contributed by atoms with Gasteiger partial charge in [0, 0.05) is 48.3 Å². The number of nitrogens with one attached hydrogen (secondary N) is 3. The number of anilines is 1. The number of hydrogen-bond donors (Lipinski definition) is 3. The highest BCUT2D eigenvalue weighted by Gasteiger charge is 2.41. The van der Waals surface area contributed by atoms with Crippen LogP contribution in [0, 0.1) is 17.7 Å². The van der Waals surface area contributed by atoms with Gasteiger partial charge in [-0.1, -0.05) is 13.8 Å². The van der Waals surface area contributed by atoms with Gasteiger partial charge in [-0.05, 0) is 45.4 Å². The summed E-state index contributed by atoms with van der Waals surface area (Å²) < 4.78 is 5.97. The van der Waals surface area contributed by atoms with E-state index in [1.807, 2.05) is 27.7 Å². The van der Waals surface area contributed by atoms with E-state index in [4.69, 9.17) is 10.1 Å². The van der Waals surface area contributed by atoms with E-state index in [2.05, 4.69) is 20.6 Å². The highest BCUT2D eigenvalue weighted by atomic mass is 16.5. The molecule has 0 atom stereocenters. The van der Waals surface area contributed by atoms with Crippen molar-refractivity contribution < 1.29 is 14.3 Å². The second kappa shape index (κ2) is 9.81. The highest BCUT2D eigenvalue weighted by Crippen LogP contribution is 2.31. The summed E-state index contributed by atoms with van der Waals surface area (Å²) in [5, 5.41) is 13.5. The summed E-state index contributed by atoms with van der Waals surface area (Å²) in [4.78, 5) is 34.8. The number of imide groups is 1. The van der Waals surface area contributed by atoms with E-state index in [1.165, 1.54) is 11.1 Å². The Morgan fingerprint density at radius 2 is 2.06 bits per heavy atom. The fourth-order valence-corrected chi connectivity index (χ4v) is 3.27. The van der Waals surface area contributed by atoms with Crippen molar-refractivity contribution in [1.29, 1.82) is 5.41 Å². The van der Waals surface area contributed by atoms with Crippen LogP contribution in [0.2, 0.25) is 0 Å². The molecule has 1 saturated heterocycles. The van der Waals surface area contributed by atoms with Crippen molar-refractivity contribution in [3.05, 3.63) is 48.1 Å². The van der Waals surface area contributed by atoms with Gasteiger partial charge in [0.25, 0.3) is 0 Å². The summed E-state index contributed by atoms with van der Waals surface area (Å²) in [5.41, 5.74) is 1.27. The number of carbonyl (C=O) groups is 2. The Kier molecular flexibility index (Phi) is 7.10. The highest BCUT2D eigenvalue weighted by molar-refractivity contribution is 6.07. The van der Waals surface area contributed by atoms with E-state index in [9.17, 15) is 9.59 Å². The predicted octanol–water partition coefficient (Wildman–Crippen LogP) is 4.36. The zero-order chi connectivity index (χ0) is 24.2. The lowest BCUT2D eigenvalue weighted by Crippen LogP contribution is -2.39. The number of urea groups is 1.